The van der Waals surface area contributed by atoms with Crippen molar-refractivity contribution < 1.29 is 9.90 Å². The zero-order chi connectivity index (χ0) is 9.68. The number of ketones is 1. The normalized spacial score (nSPS) is 8.77. The van der Waals surface area contributed by atoms with Crippen molar-refractivity contribution in [2.75, 3.05) is 0 Å². The van der Waals surface area contributed by atoms with E-state index in [2.05, 4.69) is 11.8 Å². The first-order valence-corrected chi connectivity index (χ1v) is 3.95. The smallest absolute Gasteiger partial charge is 0.202 e. The zero-order valence-corrected chi connectivity index (χ0v) is 7.37. The Morgan fingerprint density at radius 1 is 1.38 bits per heavy atom. The monoisotopic (exact) mass is 174 g/mol. The lowest BCUT2D eigenvalue weighted by atomic mass is 10.1. The van der Waals surface area contributed by atoms with E-state index in [1.807, 2.05) is 0 Å². The molecular weight excluding hydrogens is 164 g/mol. The molecule has 1 aromatic rings. The molecule has 0 bridgehead atoms. The van der Waals surface area contributed by atoms with Gasteiger partial charge in [0.1, 0.15) is 0 Å². The molecule has 0 aliphatic heterocycles. The fourth-order valence-electron chi connectivity index (χ4n) is 0.854. The fourth-order valence-corrected chi connectivity index (χ4v) is 0.854. The number of carbonyl (C=O) groups is 1. The highest BCUT2D eigenvalue weighted by Crippen LogP contribution is 2.02. The molecule has 0 saturated heterocycles. The summed E-state index contributed by atoms with van der Waals surface area (Å²) in [4.78, 5) is 10.5. The predicted molar refractivity (Wildman–Crippen MR) is 49.9 cm³/mol. The molecule has 0 aliphatic rings. The van der Waals surface area contributed by atoms with Crippen LogP contribution in [-0.2, 0) is 11.4 Å². The van der Waals surface area contributed by atoms with Gasteiger partial charge in [-0.3, -0.25) is 4.79 Å². The largest absolute Gasteiger partial charge is 0.392 e. The fraction of sp³-hybridized carbons (Fsp3) is 0.182. The van der Waals surface area contributed by atoms with Crippen LogP contribution in [0.5, 0.6) is 0 Å². The van der Waals surface area contributed by atoms with Crippen molar-refractivity contribution in [2.45, 2.75) is 13.5 Å². The highest BCUT2D eigenvalue weighted by atomic mass is 16.3. The quantitative estimate of drug-likeness (QED) is 0.648. The van der Waals surface area contributed by atoms with Crippen molar-refractivity contribution in [3.05, 3.63) is 35.4 Å². The van der Waals surface area contributed by atoms with E-state index in [0.717, 1.165) is 11.1 Å². The molecule has 0 heterocycles. The highest BCUT2D eigenvalue weighted by molar-refractivity contribution is 5.93. The van der Waals surface area contributed by atoms with Crippen molar-refractivity contribution in [3.63, 3.8) is 0 Å². The number of carbonyl (C=O) groups excluding carboxylic acids is 1. The van der Waals surface area contributed by atoms with Crippen LogP contribution in [0.4, 0.5) is 0 Å². The molecule has 0 fully saturated rings. The second-order valence-corrected chi connectivity index (χ2v) is 2.66. The average molecular weight is 174 g/mol. The highest BCUT2D eigenvalue weighted by Gasteiger charge is 1.89. The van der Waals surface area contributed by atoms with Crippen LogP contribution < -0.4 is 0 Å². The van der Waals surface area contributed by atoms with Gasteiger partial charge in [-0.15, -0.1) is 0 Å². The third-order valence-corrected chi connectivity index (χ3v) is 1.52. The second-order valence-electron chi connectivity index (χ2n) is 2.66. The lowest BCUT2D eigenvalue weighted by molar-refractivity contribution is -0.111. The maximum Gasteiger partial charge on any atom is 0.202 e. The summed E-state index contributed by atoms with van der Waals surface area (Å²) in [6, 6.07) is 7.12. The van der Waals surface area contributed by atoms with E-state index in [1.54, 1.807) is 24.3 Å². The number of benzene rings is 1. The Labute approximate surface area is 77.2 Å². The van der Waals surface area contributed by atoms with E-state index in [-0.39, 0.29) is 12.4 Å². The average Bonchev–Trinajstić information content (AvgIpc) is 2.15. The van der Waals surface area contributed by atoms with Gasteiger partial charge in [0.2, 0.25) is 5.78 Å². The molecule has 1 rings (SSSR count). The molecule has 66 valence electrons. The van der Waals surface area contributed by atoms with E-state index in [4.69, 9.17) is 5.11 Å². The van der Waals surface area contributed by atoms with Gasteiger partial charge < -0.3 is 5.11 Å². The minimum absolute atomic E-state index is 0.0282. The third kappa shape index (κ3) is 3.10. The van der Waals surface area contributed by atoms with Crippen molar-refractivity contribution in [3.8, 4) is 11.8 Å². The van der Waals surface area contributed by atoms with Gasteiger partial charge in [-0.05, 0) is 23.6 Å². The number of rotatable bonds is 1. The molecule has 2 nitrogen and oxygen atoms in total. The Morgan fingerprint density at radius 2 is 2.00 bits per heavy atom. The summed E-state index contributed by atoms with van der Waals surface area (Å²) in [6.45, 7) is 1.45. The Hall–Kier alpha value is -1.59. The Bertz CT molecular complexity index is 352. The van der Waals surface area contributed by atoms with Gasteiger partial charge in [0.05, 0.1) is 6.61 Å². The van der Waals surface area contributed by atoms with Gasteiger partial charge in [0, 0.05) is 12.5 Å². The molecule has 2 heteroatoms. The zero-order valence-electron chi connectivity index (χ0n) is 7.37. The van der Waals surface area contributed by atoms with Crippen LogP contribution in [0.15, 0.2) is 24.3 Å². The van der Waals surface area contributed by atoms with Crippen LogP contribution in [0.1, 0.15) is 18.1 Å². The SMILES string of the molecule is CC(=O)C#Cc1ccc(CO)cc1. The van der Waals surface area contributed by atoms with Crippen molar-refractivity contribution in [1.82, 2.24) is 0 Å². The van der Waals surface area contributed by atoms with E-state index in [1.165, 1.54) is 6.92 Å². The first-order chi connectivity index (χ1) is 6.22. The summed E-state index contributed by atoms with van der Waals surface area (Å²) in [5, 5.41) is 8.76. The molecule has 13 heavy (non-hydrogen) atoms. The first-order valence-electron chi connectivity index (χ1n) is 3.95. The van der Waals surface area contributed by atoms with Crippen molar-refractivity contribution >= 4 is 5.78 Å². The number of aliphatic hydroxyl groups is 1. The van der Waals surface area contributed by atoms with E-state index in [0.29, 0.717) is 0 Å². The Morgan fingerprint density at radius 3 is 2.46 bits per heavy atom. The first kappa shape index (κ1) is 9.50. The molecule has 0 radical (unpaired) electrons. The molecule has 0 aromatic heterocycles. The summed E-state index contributed by atoms with van der Waals surface area (Å²) in [6.07, 6.45) is 0. The van der Waals surface area contributed by atoms with Gasteiger partial charge >= 0.3 is 0 Å². The van der Waals surface area contributed by atoms with Crippen LogP contribution in [0.2, 0.25) is 0 Å². The molecule has 0 unspecified atom stereocenters. The molecular formula is C11H10O2. The van der Waals surface area contributed by atoms with Crippen LogP contribution in [-0.4, -0.2) is 10.9 Å². The van der Waals surface area contributed by atoms with Gasteiger partial charge in [-0.1, -0.05) is 18.1 Å². The Kier molecular flexibility index (Phi) is 3.24. The number of hydrogen-bond donors (Lipinski definition) is 1. The second kappa shape index (κ2) is 4.44. The molecule has 1 N–H and O–H groups in total. The molecule has 0 atom stereocenters. The lowest BCUT2D eigenvalue weighted by Gasteiger charge is -1.94. The summed E-state index contributed by atoms with van der Waals surface area (Å²) in [5.74, 6) is 5.02. The topological polar surface area (TPSA) is 37.3 Å². The Balaban J connectivity index is 2.83. The standard InChI is InChI=1S/C11H10O2/c1-9(13)2-3-10-4-6-11(8-12)7-5-10/h4-7,12H,8H2,1H3. The van der Waals surface area contributed by atoms with Crippen molar-refractivity contribution in [1.29, 1.82) is 0 Å². The molecule has 0 aliphatic carbocycles. The van der Waals surface area contributed by atoms with Crippen LogP contribution in [0, 0.1) is 11.8 Å². The summed E-state index contributed by atoms with van der Waals surface area (Å²) < 4.78 is 0. The number of hydrogen-bond acceptors (Lipinski definition) is 2. The summed E-state index contributed by atoms with van der Waals surface area (Å²) in [5.41, 5.74) is 1.63. The molecule has 1 aromatic carbocycles. The minimum atomic E-state index is -0.147. The van der Waals surface area contributed by atoms with E-state index >= 15 is 0 Å². The summed E-state index contributed by atoms with van der Waals surface area (Å²) in [7, 11) is 0. The van der Waals surface area contributed by atoms with E-state index in [9.17, 15) is 4.79 Å². The number of aliphatic hydroxyl groups excluding tert-OH is 1. The van der Waals surface area contributed by atoms with Gasteiger partial charge in [-0.25, -0.2) is 0 Å². The summed E-state index contributed by atoms with van der Waals surface area (Å²) >= 11 is 0. The van der Waals surface area contributed by atoms with Gasteiger partial charge in [0.25, 0.3) is 0 Å². The van der Waals surface area contributed by atoms with Crippen LogP contribution in [0.3, 0.4) is 0 Å². The molecule has 0 spiro atoms. The van der Waals surface area contributed by atoms with Gasteiger partial charge in [-0.2, -0.15) is 0 Å². The van der Waals surface area contributed by atoms with E-state index < -0.39 is 0 Å². The minimum Gasteiger partial charge on any atom is -0.392 e. The molecule has 0 amide bonds. The lowest BCUT2D eigenvalue weighted by Crippen LogP contribution is -1.84. The van der Waals surface area contributed by atoms with Crippen LogP contribution >= 0.6 is 0 Å². The predicted octanol–water partition coefficient (Wildman–Crippen LogP) is 1.12. The third-order valence-electron chi connectivity index (χ3n) is 1.52. The number of Topliss-reactive ketones (excluding diaryl/α,β-unsaturated/α-hetero) is 1. The van der Waals surface area contributed by atoms with Crippen LogP contribution in [0.25, 0.3) is 0 Å². The maximum absolute atomic E-state index is 10.5. The molecule has 0 saturated carbocycles. The van der Waals surface area contributed by atoms with Crippen molar-refractivity contribution in [2.24, 2.45) is 0 Å². The van der Waals surface area contributed by atoms with Gasteiger partial charge in [0.15, 0.2) is 0 Å². The maximum atomic E-state index is 10.5.